The molecule has 0 heterocycles. The minimum absolute atomic E-state index is 0.0671. The summed E-state index contributed by atoms with van der Waals surface area (Å²) in [6.45, 7) is 0. The largest absolute Gasteiger partial charge is 0.493 e. The Kier molecular flexibility index (Phi) is 8.32. The lowest BCUT2D eigenvalue weighted by Crippen LogP contribution is -2.48. The number of methoxy groups -OCH3 is 2. The van der Waals surface area contributed by atoms with Crippen molar-refractivity contribution in [2.45, 2.75) is 44.9 Å². The number of thiocarbonyl (C=S) groups is 1. The Labute approximate surface area is 165 Å². The Morgan fingerprint density at radius 2 is 1.78 bits per heavy atom. The van der Waals surface area contributed by atoms with E-state index in [0.717, 1.165) is 6.42 Å². The molecule has 0 unspecified atom stereocenters. The molecule has 0 bridgehead atoms. The summed E-state index contributed by atoms with van der Waals surface area (Å²) in [4.78, 5) is 24.2. The molecule has 1 aliphatic carbocycles. The van der Waals surface area contributed by atoms with Gasteiger partial charge in [0.2, 0.25) is 5.91 Å². The Morgan fingerprint density at radius 3 is 2.44 bits per heavy atom. The van der Waals surface area contributed by atoms with Gasteiger partial charge in [-0.2, -0.15) is 0 Å². The highest BCUT2D eigenvalue weighted by Crippen LogP contribution is 2.28. The van der Waals surface area contributed by atoms with Crippen molar-refractivity contribution in [2.75, 3.05) is 14.2 Å². The molecule has 0 aliphatic heterocycles. The van der Waals surface area contributed by atoms with E-state index in [4.69, 9.17) is 21.7 Å². The fraction of sp³-hybridized carbons (Fsp3) is 0.526. The first-order valence-corrected chi connectivity index (χ1v) is 9.56. The normalized spacial score (nSPS) is 14.1. The van der Waals surface area contributed by atoms with Crippen LogP contribution in [-0.4, -0.2) is 31.1 Å². The van der Waals surface area contributed by atoms with Gasteiger partial charge in [0.1, 0.15) is 0 Å². The fourth-order valence-corrected chi connectivity index (χ4v) is 3.36. The number of carbonyl (C=O) groups is 2. The third kappa shape index (κ3) is 6.71. The second-order valence-corrected chi connectivity index (χ2v) is 6.98. The fourth-order valence-electron chi connectivity index (χ4n) is 3.19. The number of ether oxygens (including phenoxy) is 2. The van der Waals surface area contributed by atoms with Crippen LogP contribution < -0.4 is 25.6 Å². The Bertz CT molecular complexity index is 675. The van der Waals surface area contributed by atoms with Crippen LogP contribution >= 0.6 is 12.2 Å². The summed E-state index contributed by atoms with van der Waals surface area (Å²) in [6, 6.07) is 4.80. The number of rotatable bonds is 6. The van der Waals surface area contributed by atoms with Gasteiger partial charge < -0.3 is 14.8 Å². The molecule has 3 N–H and O–H groups in total. The van der Waals surface area contributed by atoms with E-state index >= 15 is 0 Å². The highest BCUT2D eigenvalue weighted by Gasteiger charge is 2.15. The number of amides is 2. The van der Waals surface area contributed by atoms with E-state index in [1.807, 2.05) is 0 Å². The molecule has 27 heavy (non-hydrogen) atoms. The third-order valence-electron chi connectivity index (χ3n) is 4.69. The predicted molar refractivity (Wildman–Crippen MR) is 107 cm³/mol. The zero-order valence-electron chi connectivity index (χ0n) is 15.8. The lowest BCUT2D eigenvalue weighted by molar-refractivity contribution is -0.120. The van der Waals surface area contributed by atoms with Crippen molar-refractivity contribution >= 4 is 29.1 Å². The molecule has 0 radical (unpaired) electrons. The lowest BCUT2D eigenvalue weighted by Gasteiger charge is -2.21. The van der Waals surface area contributed by atoms with Gasteiger partial charge >= 0.3 is 0 Å². The van der Waals surface area contributed by atoms with Gasteiger partial charge in [0, 0.05) is 12.0 Å². The minimum atomic E-state index is -0.408. The van der Waals surface area contributed by atoms with Crippen molar-refractivity contribution in [1.29, 1.82) is 0 Å². The predicted octanol–water partition coefficient (Wildman–Crippen LogP) is 2.70. The van der Waals surface area contributed by atoms with Crippen molar-refractivity contribution in [3.05, 3.63) is 23.8 Å². The molecule has 0 spiro atoms. The van der Waals surface area contributed by atoms with Crippen molar-refractivity contribution in [2.24, 2.45) is 5.92 Å². The van der Waals surface area contributed by atoms with E-state index in [-0.39, 0.29) is 11.0 Å². The Morgan fingerprint density at radius 1 is 1.07 bits per heavy atom. The van der Waals surface area contributed by atoms with Crippen molar-refractivity contribution in [3.8, 4) is 11.5 Å². The molecular formula is C19H27N3O4S. The topological polar surface area (TPSA) is 88.7 Å². The highest BCUT2D eigenvalue weighted by molar-refractivity contribution is 7.80. The van der Waals surface area contributed by atoms with E-state index < -0.39 is 5.91 Å². The zero-order valence-corrected chi connectivity index (χ0v) is 16.6. The smallest absolute Gasteiger partial charge is 0.269 e. The summed E-state index contributed by atoms with van der Waals surface area (Å²) >= 11 is 5.05. The standard InChI is InChI=1S/C19H27N3O4S/c1-25-15-10-9-14(12-16(15)26-2)18(24)21-22-19(27)20-17(23)11-8-13-6-4-3-5-7-13/h9-10,12-13H,3-8,11H2,1-2H3,(H,21,24)(H2,20,22,23,27). The van der Waals surface area contributed by atoms with Gasteiger partial charge in [-0.3, -0.25) is 20.4 Å². The van der Waals surface area contributed by atoms with Crippen LogP contribution in [0, 0.1) is 5.92 Å². The summed E-state index contributed by atoms with van der Waals surface area (Å²) in [5.74, 6) is 1.07. The number of nitrogens with one attached hydrogen (secondary N) is 3. The van der Waals surface area contributed by atoms with Gasteiger partial charge in [-0.15, -0.1) is 0 Å². The van der Waals surface area contributed by atoms with Gasteiger partial charge in [0.25, 0.3) is 5.91 Å². The highest BCUT2D eigenvalue weighted by atomic mass is 32.1. The van der Waals surface area contributed by atoms with Crippen molar-refractivity contribution in [1.82, 2.24) is 16.2 Å². The van der Waals surface area contributed by atoms with Crippen molar-refractivity contribution < 1.29 is 19.1 Å². The molecule has 2 rings (SSSR count). The molecule has 8 heteroatoms. The second kappa shape index (κ2) is 10.7. The minimum Gasteiger partial charge on any atom is -0.493 e. The maximum absolute atomic E-state index is 12.2. The molecule has 2 amide bonds. The molecule has 7 nitrogen and oxygen atoms in total. The molecule has 0 aromatic heterocycles. The van der Waals surface area contributed by atoms with Gasteiger partial charge in [0.15, 0.2) is 16.6 Å². The van der Waals surface area contributed by atoms with Crippen molar-refractivity contribution in [3.63, 3.8) is 0 Å². The summed E-state index contributed by atoms with van der Waals surface area (Å²) in [6.07, 6.45) is 7.55. The molecule has 0 saturated heterocycles. The number of hydrogen-bond acceptors (Lipinski definition) is 5. The van der Waals surface area contributed by atoms with Crippen LogP contribution in [0.4, 0.5) is 0 Å². The molecular weight excluding hydrogens is 366 g/mol. The number of hydrazine groups is 1. The average Bonchev–Trinajstić information content (AvgIpc) is 2.70. The van der Waals surface area contributed by atoms with E-state index in [2.05, 4.69) is 16.2 Å². The Balaban J connectivity index is 1.74. The van der Waals surface area contributed by atoms with E-state index in [0.29, 0.717) is 29.4 Å². The molecule has 0 atom stereocenters. The SMILES string of the molecule is COc1ccc(C(=O)NNC(=S)NC(=O)CCC2CCCCC2)cc1OC. The number of benzene rings is 1. The van der Waals surface area contributed by atoms with Crippen LogP contribution in [0.2, 0.25) is 0 Å². The first kappa shape index (κ1) is 21.0. The molecule has 1 fully saturated rings. The molecule has 1 aromatic carbocycles. The van der Waals surface area contributed by atoms with E-state index in [9.17, 15) is 9.59 Å². The monoisotopic (exact) mass is 393 g/mol. The quantitative estimate of drug-likeness (QED) is 0.509. The second-order valence-electron chi connectivity index (χ2n) is 6.57. The molecule has 148 valence electrons. The van der Waals surface area contributed by atoms with Gasteiger partial charge in [-0.05, 0) is 42.8 Å². The van der Waals surface area contributed by atoms with Crippen LogP contribution in [0.15, 0.2) is 18.2 Å². The summed E-state index contributed by atoms with van der Waals surface area (Å²) < 4.78 is 10.3. The summed E-state index contributed by atoms with van der Waals surface area (Å²) in [5, 5.41) is 2.66. The summed E-state index contributed by atoms with van der Waals surface area (Å²) in [7, 11) is 3.02. The van der Waals surface area contributed by atoms with Gasteiger partial charge in [0.05, 0.1) is 14.2 Å². The maximum Gasteiger partial charge on any atom is 0.269 e. The van der Waals surface area contributed by atoms with Gasteiger partial charge in [-0.1, -0.05) is 32.1 Å². The lowest BCUT2D eigenvalue weighted by atomic mass is 9.86. The number of hydrogen-bond donors (Lipinski definition) is 3. The molecule has 1 aliphatic rings. The first-order chi connectivity index (χ1) is 13.0. The summed E-state index contributed by atoms with van der Waals surface area (Å²) in [5.41, 5.74) is 5.37. The van der Waals surface area contributed by atoms with Crippen LogP contribution in [-0.2, 0) is 4.79 Å². The van der Waals surface area contributed by atoms with Crippen LogP contribution in [0.5, 0.6) is 11.5 Å². The Hall–Kier alpha value is -2.35. The molecule has 1 saturated carbocycles. The van der Waals surface area contributed by atoms with Crippen LogP contribution in [0.25, 0.3) is 0 Å². The molecule has 1 aromatic rings. The van der Waals surface area contributed by atoms with Crippen LogP contribution in [0.1, 0.15) is 55.3 Å². The number of carbonyl (C=O) groups excluding carboxylic acids is 2. The third-order valence-corrected chi connectivity index (χ3v) is 4.90. The van der Waals surface area contributed by atoms with E-state index in [1.165, 1.54) is 46.3 Å². The zero-order chi connectivity index (χ0) is 19.6. The average molecular weight is 394 g/mol. The maximum atomic E-state index is 12.2. The first-order valence-electron chi connectivity index (χ1n) is 9.15. The van der Waals surface area contributed by atoms with Gasteiger partial charge in [-0.25, -0.2) is 0 Å². The van der Waals surface area contributed by atoms with Crippen LogP contribution in [0.3, 0.4) is 0 Å². The van der Waals surface area contributed by atoms with E-state index in [1.54, 1.807) is 18.2 Å².